The summed E-state index contributed by atoms with van der Waals surface area (Å²) in [6.45, 7) is 7.02. The number of nitrogens with one attached hydrogen (secondary N) is 2. The lowest BCUT2D eigenvalue weighted by molar-refractivity contribution is 0.947. The fourth-order valence-electron chi connectivity index (χ4n) is 1.82. The molecule has 0 unspecified atom stereocenters. The molecule has 5 heteroatoms. The van der Waals surface area contributed by atoms with Gasteiger partial charge in [-0.1, -0.05) is 13.0 Å². The monoisotopic (exact) mass is 334 g/mol. The van der Waals surface area contributed by atoms with E-state index in [2.05, 4.69) is 62.5 Å². The van der Waals surface area contributed by atoms with E-state index in [-0.39, 0.29) is 0 Å². The molecule has 1 aromatic heterocycles. The van der Waals surface area contributed by atoms with Gasteiger partial charge in [-0.3, -0.25) is 0 Å². The van der Waals surface area contributed by atoms with Crippen LogP contribution in [0.4, 0.5) is 17.5 Å². The Kier molecular flexibility index (Phi) is 4.95. The number of hydrogen-bond donors (Lipinski definition) is 2. The average molecular weight is 335 g/mol. The predicted molar refractivity (Wildman–Crippen MR) is 87.7 cm³/mol. The van der Waals surface area contributed by atoms with Crippen molar-refractivity contribution in [2.75, 3.05) is 17.2 Å². The summed E-state index contributed by atoms with van der Waals surface area (Å²) in [5, 5.41) is 6.55. The second-order valence-corrected chi connectivity index (χ2v) is 5.61. The van der Waals surface area contributed by atoms with Crippen molar-refractivity contribution in [1.29, 1.82) is 0 Å². The van der Waals surface area contributed by atoms with Crippen LogP contribution in [0.5, 0.6) is 0 Å². The molecule has 0 spiro atoms. The highest BCUT2D eigenvalue weighted by molar-refractivity contribution is 9.10. The summed E-state index contributed by atoms with van der Waals surface area (Å²) in [6.07, 6.45) is 1.05. The minimum absolute atomic E-state index is 0.665. The van der Waals surface area contributed by atoms with Crippen LogP contribution in [-0.4, -0.2) is 16.5 Å². The molecule has 1 heterocycles. The van der Waals surface area contributed by atoms with E-state index in [4.69, 9.17) is 0 Å². The lowest BCUT2D eigenvalue weighted by Gasteiger charge is -2.11. The standard InChI is InChI=1S/C15H19BrN4/c1-4-7-17-15-18-11(3)9-14(20-15)19-13-8-10(2)5-6-12(13)16/h5-6,8-9H,4,7H2,1-3H3,(H2,17,18,19,20). The van der Waals surface area contributed by atoms with Crippen LogP contribution in [0.2, 0.25) is 0 Å². The van der Waals surface area contributed by atoms with Gasteiger partial charge in [0.1, 0.15) is 5.82 Å². The number of anilines is 3. The van der Waals surface area contributed by atoms with Gasteiger partial charge in [0.25, 0.3) is 0 Å². The Balaban J connectivity index is 2.24. The maximum Gasteiger partial charge on any atom is 0.224 e. The molecule has 0 aliphatic heterocycles. The van der Waals surface area contributed by atoms with Crippen molar-refractivity contribution < 1.29 is 0 Å². The number of aryl methyl sites for hydroxylation is 2. The van der Waals surface area contributed by atoms with Crippen LogP contribution in [0.1, 0.15) is 24.6 Å². The Hall–Kier alpha value is -1.62. The van der Waals surface area contributed by atoms with Gasteiger partial charge in [0, 0.05) is 22.8 Å². The number of halogens is 1. The van der Waals surface area contributed by atoms with E-state index in [0.29, 0.717) is 5.95 Å². The molecule has 0 aliphatic carbocycles. The van der Waals surface area contributed by atoms with Gasteiger partial charge in [0.15, 0.2) is 0 Å². The highest BCUT2D eigenvalue weighted by Gasteiger charge is 2.05. The van der Waals surface area contributed by atoms with Crippen LogP contribution in [0.15, 0.2) is 28.7 Å². The Morgan fingerprint density at radius 2 is 1.95 bits per heavy atom. The van der Waals surface area contributed by atoms with Crippen molar-refractivity contribution in [3.05, 3.63) is 40.0 Å². The van der Waals surface area contributed by atoms with E-state index in [1.807, 2.05) is 19.1 Å². The maximum atomic E-state index is 4.48. The molecular weight excluding hydrogens is 316 g/mol. The molecule has 0 atom stereocenters. The van der Waals surface area contributed by atoms with Crippen molar-refractivity contribution in [1.82, 2.24) is 9.97 Å². The zero-order valence-electron chi connectivity index (χ0n) is 12.0. The molecule has 0 aliphatic rings. The quantitative estimate of drug-likeness (QED) is 0.849. The highest BCUT2D eigenvalue weighted by Crippen LogP contribution is 2.26. The van der Waals surface area contributed by atoms with E-state index in [9.17, 15) is 0 Å². The molecule has 0 saturated carbocycles. The number of nitrogens with zero attached hydrogens (tertiary/aromatic N) is 2. The van der Waals surface area contributed by atoms with Crippen LogP contribution in [0.3, 0.4) is 0 Å². The predicted octanol–water partition coefficient (Wildman–Crippen LogP) is 4.42. The van der Waals surface area contributed by atoms with Crippen LogP contribution in [-0.2, 0) is 0 Å². The second kappa shape index (κ2) is 6.70. The first-order valence-corrected chi connectivity index (χ1v) is 7.50. The number of aromatic nitrogens is 2. The zero-order valence-corrected chi connectivity index (χ0v) is 13.6. The molecule has 0 bridgehead atoms. The molecule has 4 nitrogen and oxygen atoms in total. The maximum absolute atomic E-state index is 4.48. The summed E-state index contributed by atoms with van der Waals surface area (Å²) in [6, 6.07) is 8.11. The molecule has 106 valence electrons. The minimum atomic E-state index is 0.665. The van der Waals surface area contributed by atoms with E-state index in [1.54, 1.807) is 0 Å². The average Bonchev–Trinajstić information content (AvgIpc) is 2.40. The molecule has 2 rings (SSSR count). The Labute approximate surface area is 128 Å². The summed E-state index contributed by atoms with van der Waals surface area (Å²) < 4.78 is 1.02. The van der Waals surface area contributed by atoms with Gasteiger partial charge in [-0.2, -0.15) is 4.98 Å². The Morgan fingerprint density at radius 3 is 2.70 bits per heavy atom. The first-order chi connectivity index (χ1) is 9.58. The molecule has 2 aromatic rings. The fourth-order valence-corrected chi connectivity index (χ4v) is 2.17. The third-order valence-corrected chi connectivity index (χ3v) is 3.46. The van der Waals surface area contributed by atoms with Crippen LogP contribution >= 0.6 is 15.9 Å². The first-order valence-electron chi connectivity index (χ1n) is 6.71. The van der Waals surface area contributed by atoms with Crippen LogP contribution in [0, 0.1) is 13.8 Å². The Bertz CT molecular complexity index is 598. The van der Waals surface area contributed by atoms with E-state index in [1.165, 1.54) is 5.56 Å². The summed E-state index contributed by atoms with van der Waals surface area (Å²) >= 11 is 3.55. The molecule has 2 N–H and O–H groups in total. The second-order valence-electron chi connectivity index (χ2n) is 4.75. The summed E-state index contributed by atoms with van der Waals surface area (Å²) in [5.41, 5.74) is 3.14. The summed E-state index contributed by atoms with van der Waals surface area (Å²) in [4.78, 5) is 8.86. The van der Waals surface area contributed by atoms with E-state index >= 15 is 0 Å². The lowest BCUT2D eigenvalue weighted by Crippen LogP contribution is -2.07. The molecule has 0 radical (unpaired) electrons. The normalized spacial score (nSPS) is 10.4. The summed E-state index contributed by atoms with van der Waals surface area (Å²) in [7, 11) is 0. The van der Waals surface area contributed by atoms with Crippen LogP contribution in [0.25, 0.3) is 0 Å². The summed E-state index contributed by atoms with van der Waals surface area (Å²) in [5.74, 6) is 1.46. The van der Waals surface area contributed by atoms with E-state index in [0.717, 1.165) is 34.6 Å². The van der Waals surface area contributed by atoms with Gasteiger partial charge in [0.2, 0.25) is 5.95 Å². The van der Waals surface area contributed by atoms with Crippen molar-refractivity contribution >= 4 is 33.4 Å². The van der Waals surface area contributed by atoms with Gasteiger partial charge in [-0.15, -0.1) is 0 Å². The molecule has 20 heavy (non-hydrogen) atoms. The molecule has 0 fully saturated rings. The van der Waals surface area contributed by atoms with Gasteiger partial charge in [-0.05, 0) is 53.9 Å². The third-order valence-electron chi connectivity index (χ3n) is 2.77. The minimum Gasteiger partial charge on any atom is -0.354 e. The Morgan fingerprint density at radius 1 is 1.15 bits per heavy atom. The highest BCUT2D eigenvalue weighted by atomic mass is 79.9. The molecular formula is C15H19BrN4. The smallest absolute Gasteiger partial charge is 0.224 e. The van der Waals surface area contributed by atoms with Gasteiger partial charge < -0.3 is 10.6 Å². The van der Waals surface area contributed by atoms with Crippen molar-refractivity contribution in [3.8, 4) is 0 Å². The largest absolute Gasteiger partial charge is 0.354 e. The number of rotatable bonds is 5. The topological polar surface area (TPSA) is 49.8 Å². The van der Waals surface area contributed by atoms with Gasteiger partial charge in [0.05, 0.1) is 5.69 Å². The van der Waals surface area contributed by atoms with Crippen molar-refractivity contribution in [2.24, 2.45) is 0 Å². The zero-order chi connectivity index (χ0) is 14.5. The molecule has 0 saturated heterocycles. The number of hydrogen-bond acceptors (Lipinski definition) is 4. The molecule has 0 amide bonds. The van der Waals surface area contributed by atoms with Gasteiger partial charge in [-0.25, -0.2) is 4.98 Å². The van der Waals surface area contributed by atoms with Crippen LogP contribution < -0.4 is 10.6 Å². The number of benzene rings is 1. The molecule has 1 aromatic carbocycles. The lowest BCUT2D eigenvalue weighted by atomic mass is 10.2. The van der Waals surface area contributed by atoms with Crippen molar-refractivity contribution in [3.63, 3.8) is 0 Å². The fraction of sp³-hybridized carbons (Fsp3) is 0.333. The third kappa shape index (κ3) is 3.93. The first kappa shape index (κ1) is 14.8. The van der Waals surface area contributed by atoms with E-state index < -0.39 is 0 Å². The van der Waals surface area contributed by atoms with Crippen molar-refractivity contribution in [2.45, 2.75) is 27.2 Å². The SMILES string of the molecule is CCCNc1nc(C)cc(Nc2cc(C)ccc2Br)n1. The van der Waals surface area contributed by atoms with Gasteiger partial charge >= 0.3 is 0 Å².